The Morgan fingerprint density at radius 1 is 1.29 bits per heavy atom. The van der Waals surface area contributed by atoms with E-state index < -0.39 is 4.92 Å². The molecule has 1 fully saturated rings. The van der Waals surface area contributed by atoms with Gasteiger partial charge in [0.15, 0.2) is 0 Å². The van der Waals surface area contributed by atoms with Gasteiger partial charge in [-0.3, -0.25) is 14.9 Å². The number of nitrogens with one attached hydrogen (secondary N) is 2. The molecular formula is C17H23ClN6O3S. The first-order valence-electron chi connectivity index (χ1n) is 8.73. The number of carbonyl (C=O) groups excluding carboxylic acids is 1. The van der Waals surface area contributed by atoms with Gasteiger partial charge in [0.05, 0.1) is 10.5 Å². The second-order valence-electron chi connectivity index (χ2n) is 6.73. The molecule has 2 N–H and O–H groups in total. The van der Waals surface area contributed by atoms with Crippen molar-refractivity contribution in [3.63, 3.8) is 0 Å². The molecule has 1 saturated carbocycles. The van der Waals surface area contributed by atoms with Crippen LogP contribution in [0.5, 0.6) is 0 Å². The van der Waals surface area contributed by atoms with Crippen LogP contribution >= 0.6 is 23.7 Å². The van der Waals surface area contributed by atoms with Gasteiger partial charge < -0.3 is 15.5 Å². The molecule has 1 aliphatic carbocycles. The molecule has 0 saturated heterocycles. The summed E-state index contributed by atoms with van der Waals surface area (Å²) in [6.07, 6.45) is 5.19. The zero-order valence-electron chi connectivity index (χ0n) is 15.6. The van der Waals surface area contributed by atoms with Gasteiger partial charge in [-0.2, -0.15) is 4.98 Å². The number of hydrogen-bond acceptors (Lipinski definition) is 8. The molecule has 0 aromatic carbocycles. The van der Waals surface area contributed by atoms with Crippen molar-refractivity contribution in [1.29, 1.82) is 0 Å². The highest BCUT2D eigenvalue weighted by Gasteiger charge is 2.24. The minimum atomic E-state index is -0.480. The Labute approximate surface area is 173 Å². The van der Waals surface area contributed by atoms with Crippen molar-refractivity contribution in [2.45, 2.75) is 37.8 Å². The third kappa shape index (κ3) is 5.52. The Morgan fingerprint density at radius 3 is 2.57 bits per heavy atom. The van der Waals surface area contributed by atoms with Gasteiger partial charge in [0, 0.05) is 43.8 Å². The van der Waals surface area contributed by atoms with E-state index in [-0.39, 0.29) is 35.4 Å². The zero-order valence-corrected chi connectivity index (χ0v) is 17.3. The van der Waals surface area contributed by atoms with Gasteiger partial charge >= 0.3 is 5.00 Å². The highest BCUT2D eigenvalue weighted by atomic mass is 35.5. The molecule has 0 bridgehead atoms. The van der Waals surface area contributed by atoms with E-state index in [4.69, 9.17) is 0 Å². The summed E-state index contributed by atoms with van der Waals surface area (Å²) in [4.78, 5) is 33.2. The number of nitrogens with zero attached hydrogens (tertiary/aromatic N) is 4. The maximum atomic E-state index is 12.3. The Morgan fingerprint density at radius 2 is 1.96 bits per heavy atom. The Balaban J connectivity index is 0.00000280. The summed E-state index contributed by atoms with van der Waals surface area (Å²) >= 11 is 0.965. The minimum absolute atomic E-state index is 0. The summed E-state index contributed by atoms with van der Waals surface area (Å²) in [5.41, 5.74) is 0.348. The van der Waals surface area contributed by atoms with Crippen LogP contribution in [0, 0.1) is 10.1 Å². The molecule has 2 heterocycles. The molecule has 1 aliphatic rings. The fraction of sp³-hybridized carbons (Fsp3) is 0.471. The highest BCUT2D eigenvalue weighted by molar-refractivity contribution is 7.13. The predicted octanol–water partition coefficient (Wildman–Crippen LogP) is 3.09. The van der Waals surface area contributed by atoms with Gasteiger partial charge in [0.25, 0.3) is 5.91 Å². The first-order chi connectivity index (χ1) is 12.9. The molecule has 0 spiro atoms. The maximum absolute atomic E-state index is 12.3. The Kier molecular flexibility index (Phi) is 7.53. The average Bonchev–Trinajstić information content (AvgIpc) is 3.14. The number of hydrogen-bond donors (Lipinski definition) is 2. The normalized spacial score (nSPS) is 18.6. The maximum Gasteiger partial charge on any atom is 0.324 e. The molecule has 1 amide bonds. The molecule has 0 unspecified atom stereocenters. The van der Waals surface area contributed by atoms with E-state index >= 15 is 0 Å². The SMILES string of the molecule is CN(C)c1ccnc(NC2CCC(NC(=O)c3csc([N+](=O)[O-])c3)CC2)n1.Cl. The van der Waals surface area contributed by atoms with Crippen molar-refractivity contribution < 1.29 is 9.72 Å². The van der Waals surface area contributed by atoms with Crippen LogP contribution < -0.4 is 15.5 Å². The van der Waals surface area contributed by atoms with E-state index in [0.29, 0.717) is 11.5 Å². The largest absolute Gasteiger partial charge is 0.363 e. The lowest BCUT2D eigenvalue weighted by Gasteiger charge is -2.29. The van der Waals surface area contributed by atoms with E-state index in [1.165, 1.54) is 11.4 Å². The van der Waals surface area contributed by atoms with Crippen molar-refractivity contribution in [1.82, 2.24) is 15.3 Å². The first kappa shape index (κ1) is 21.8. The molecule has 9 nitrogen and oxygen atoms in total. The van der Waals surface area contributed by atoms with Crippen LogP contribution in [0.1, 0.15) is 36.0 Å². The summed E-state index contributed by atoms with van der Waals surface area (Å²) in [6, 6.07) is 3.51. The predicted molar refractivity (Wildman–Crippen MR) is 112 cm³/mol. The topological polar surface area (TPSA) is 113 Å². The number of carbonyl (C=O) groups is 1. The smallest absolute Gasteiger partial charge is 0.324 e. The van der Waals surface area contributed by atoms with Crippen molar-refractivity contribution in [3.05, 3.63) is 39.4 Å². The number of nitro groups is 1. The number of aromatic nitrogens is 2. The third-order valence-electron chi connectivity index (χ3n) is 4.52. The van der Waals surface area contributed by atoms with Crippen LogP contribution in [0.3, 0.4) is 0 Å². The second-order valence-corrected chi connectivity index (χ2v) is 7.62. The van der Waals surface area contributed by atoms with Crippen molar-refractivity contribution in [2.75, 3.05) is 24.3 Å². The van der Waals surface area contributed by atoms with Crippen LogP contribution in [0.15, 0.2) is 23.7 Å². The molecule has 3 rings (SSSR count). The van der Waals surface area contributed by atoms with Crippen LogP contribution in [-0.4, -0.2) is 47.0 Å². The molecule has 0 atom stereocenters. The number of halogens is 1. The lowest BCUT2D eigenvalue weighted by Crippen LogP contribution is -2.40. The molecule has 2 aromatic rings. The Hall–Kier alpha value is -2.46. The van der Waals surface area contributed by atoms with Gasteiger partial charge in [-0.05, 0) is 31.7 Å². The van der Waals surface area contributed by atoms with Crippen molar-refractivity contribution >= 4 is 46.4 Å². The fourth-order valence-corrected chi connectivity index (χ4v) is 3.74. The minimum Gasteiger partial charge on any atom is -0.363 e. The quantitative estimate of drug-likeness (QED) is 0.538. The van der Waals surface area contributed by atoms with Gasteiger partial charge in [0.2, 0.25) is 5.95 Å². The fourth-order valence-electron chi connectivity index (χ4n) is 3.04. The molecule has 0 aliphatic heterocycles. The lowest BCUT2D eigenvalue weighted by molar-refractivity contribution is -0.380. The lowest BCUT2D eigenvalue weighted by atomic mass is 9.91. The summed E-state index contributed by atoms with van der Waals surface area (Å²) < 4.78 is 0. The van der Waals surface area contributed by atoms with Crippen LogP contribution in [0.4, 0.5) is 16.8 Å². The monoisotopic (exact) mass is 426 g/mol. The van der Waals surface area contributed by atoms with E-state index in [2.05, 4.69) is 20.6 Å². The standard InChI is InChI=1S/C17H22N6O3S.ClH/c1-22(2)14-7-8-18-17(21-14)20-13-5-3-12(4-6-13)19-16(24)11-9-15(23(25)26)27-10-11;/h7-10,12-13H,3-6H2,1-2H3,(H,19,24)(H,18,20,21);1H. The Bertz CT molecular complexity index is 823. The van der Waals surface area contributed by atoms with Crippen LogP contribution in [0.25, 0.3) is 0 Å². The van der Waals surface area contributed by atoms with Crippen molar-refractivity contribution in [2.24, 2.45) is 0 Å². The molecule has 11 heteroatoms. The summed E-state index contributed by atoms with van der Waals surface area (Å²) in [6.45, 7) is 0. The van der Waals surface area contributed by atoms with Crippen molar-refractivity contribution in [3.8, 4) is 0 Å². The summed E-state index contributed by atoms with van der Waals surface area (Å²) in [5.74, 6) is 1.20. The van der Waals surface area contributed by atoms with Gasteiger partial charge in [-0.1, -0.05) is 11.3 Å². The van der Waals surface area contributed by atoms with E-state index in [1.54, 1.807) is 6.20 Å². The molecule has 28 heavy (non-hydrogen) atoms. The number of thiophene rings is 1. The first-order valence-corrected chi connectivity index (χ1v) is 9.61. The van der Waals surface area contributed by atoms with Gasteiger partial charge in [-0.15, -0.1) is 12.4 Å². The number of amides is 1. The zero-order chi connectivity index (χ0) is 19.4. The molecule has 2 aromatic heterocycles. The number of anilines is 2. The van der Waals surface area contributed by atoms with E-state index in [1.807, 2.05) is 25.1 Å². The molecule has 152 valence electrons. The van der Waals surface area contributed by atoms with E-state index in [9.17, 15) is 14.9 Å². The summed E-state index contributed by atoms with van der Waals surface area (Å²) in [7, 11) is 3.87. The number of rotatable bonds is 6. The summed E-state index contributed by atoms with van der Waals surface area (Å²) in [5, 5.41) is 18.6. The van der Waals surface area contributed by atoms with Gasteiger partial charge in [0.1, 0.15) is 5.82 Å². The molecular weight excluding hydrogens is 404 g/mol. The van der Waals surface area contributed by atoms with Crippen LogP contribution in [0.2, 0.25) is 0 Å². The molecule has 0 radical (unpaired) electrons. The third-order valence-corrected chi connectivity index (χ3v) is 5.40. The second kappa shape index (κ2) is 9.65. The average molecular weight is 427 g/mol. The highest BCUT2D eigenvalue weighted by Crippen LogP contribution is 2.25. The van der Waals surface area contributed by atoms with Gasteiger partial charge in [-0.25, -0.2) is 4.98 Å². The van der Waals surface area contributed by atoms with Crippen LogP contribution in [-0.2, 0) is 0 Å². The van der Waals surface area contributed by atoms with E-state index in [0.717, 1.165) is 42.8 Å².